The van der Waals surface area contributed by atoms with Gasteiger partial charge in [-0.15, -0.1) is 0 Å². The Hall–Kier alpha value is -0.840. The van der Waals surface area contributed by atoms with Gasteiger partial charge in [0.2, 0.25) is 0 Å². The number of benzene rings is 1. The van der Waals surface area contributed by atoms with E-state index in [1.165, 1.54) is 0 Å². The van der Waals surface area contributed by atoms with E-state index in [4.69, 9.17) is 5.73 Å². The van der Waals surface area contributed by atoms with E-state index in [1.807, 2.05) is 30.5 Å². The second kappa shape index (κ2) is 2.90. The predicted molar refractivity (Wildman–Crippen MR) is 58.9 cm³/mol. The molecule has 2 nitrogen and oxygen atoms in total. The van der Waals surface area contributed by atoms with Gasteiger partial charge in [0.1, 0.15) is 3.70 Å². The predicted octanol–water partition coefficient (Wildman–Crippen LogP) is 2.42. The molecule has 0 unspecified atom stereocenters. The zero-order valence-corrected chi connectivity index (χ0v) is 8.45. The maximum Gasteiger partial charge on any atom is 0.124 e. The molecule has 0 spiro atoms. The quantitative estimate of drug-likeness (QED) is 0.589. The first-order valence-electron chi connectivity index (χ1n) is 3.58. The summed E-state index contributed by atoms with van der Waals surface area (Å²) in [5, 5.41) is 2.17. The van der Waals surface area contributed by atoms with Crippen LogP contribution in [0.25, 0.3) is 10.8 Å². The maximum absolute atomic E-state index is 5.85. The number of nitrogens with two attached hydrogens (primary N) is 1. The van der Waals surface area contributed by atoms with Gasteiger partial charge in [-0.3, -0.25) is 0 Å². The Morgan fingerprint density at radius 2 is 2.00 bits per heavy atom. The normalized spacial score (nSPS) is 10.4. The summed E-state index contributed by atoms with van der Waals surface area (Å²) in [5.41, 5.74) is 6.62. The van der Waals surface area contributed by atoms with E-state index >= 15 is 0 Å². The summed E-state index contributed by atoms with van der Waals surface area (Å²) in [6, 6.07) is 7.98. The molecule has 1 aromatic heterocycles. The number of nitrogens with zero attached hydrogens (tertiary/aromatic N) is 1. The molecule has 0 aliphatic rings. The van der Waals surface area contributed by atoms with Crippen molar-refractivity contribution in [2.75, 3.05) is 5.73 Å². The standard InChI is InChI=1S/C9H7IN2/c10-9-8(11)7-4-2-1-3-6(7)5-12-9/h1-5H,11H2. The minimum Gasteiger partial charge on any atom is -0.396 e. The second-order valence-electron chi connectivity index (χ2n) is 2.55. The summed E-state index contributed by atoms with van der Waals surface area (Å²) >= 11 is 2.14. The summed E-state index contributed by atoms with van der Waals surface area (Å²) < 4.78 is 0.867. The van der Waals surface area contributed by atoms with Crippen molar-refractivity contribution in [3.63, 3.8) is 0 Å². The molecule has 1 heterocycles. The van der Waals surface area contributed by atoms with Crippen molar-refractivity contribution in [3.05, 3.63) is 34.2 Å². The van der Waals surface area contributed by atoms with Gasteiger partial charge in [0.05, 0.1) is 5.69 Å². The number of rotatable bonds is 0. The molecule has 2 N–H and O–H groups in total. The van der Waals surface area contributed by atoms with Gasteiger partial charge < -0.3 is 5.73 Å². The molecule has 0 radical (unpaired) electrons. The van der Waals surface area contributed by atoms with Crippen LogP contribution in [0.5, 0.6) is 0 Å². The molecule has 0 saturated carbocycles. The Bertz CT molecular complexity index is 426. The third-order valence-electron chi connectivity index (χ3n) is 1.79. The number of anilines is 1. The number of halogens is 1. The summed E-state index contributed by atoms with van der Waals surface area (Å²) in [7, 11) is 0. The van der Waals surface area contributed by atoms with Crippen molar-refractivity contribution in [2.24, 2.45) is 0 Å². The van der Waals surface area contributed by atoms with Crippen molar-refractivity contribution < 1.29 is 0 Å². The maximum atomic E-state index is 5.85. The SMILES string of the molecule is Nc1c(I)ncc2ccccc12. The topological polar surface area (TPSA) is 38.9 Å². The first-order valence-corrected chi connectivity index (χ1v) is 4.65. The first kappa shape index (κ1) is 7.79. The van der Waals surface area contributed by atoms with Crippen LogP contribution in [0, 0.1) is 3.70 Å². The molecule has 1 aromatic carbocycles. The summed E-state index contributed by atoms with van der Waals surface area (Å²) in [5.74, 6) is 0. The largest absolute Gasteiger partial charge is 0.396 e. The molecule has 0 aliphatic carbocycles. The zero-order chi connectivity index (χ0) is 8.55. The lowest BCUT2D eigenvalue weighted by atomic mass is 10.1. The highest BCUT2D eigenvalue weighted by Crippen LogP contribution is 2.23. The van der Waals surface area contributed by atoms with Crippen LogP contribution in [0.2, 0.25) is 0 Å². The van der Waals surface area contributed by atoms with Crippen LogP contribution in [0.4, 0.5) is 5.69 Å². The first-order chi connectivity index (χ1) is 5.79. The molecule has 0 bridgehead atoms. The molecule has 0 amide bonds. The molecular formula is C9H7IN2. The lowest BCUT2D eigenvalue weighted by Gasteiger charge is -2.01. The number of aromatic nitrogens is 1. The highest BCUT2D eigenvalue weighted by molar-refractivity contribution is 14.1. The Morgan fingerprint density at radius 1 is 1.25 bits per heavy atom. The van der Waals surface area contributed by atoms with Crippen molar-refractivity contribution in [2.45, 2.75) is 0 Å². The molecule has 0 aliphatic heterocycles. The number of fused-ring (bicyclic) bond motifs is 1. The van der Waals surface area contributed by atoms with Crippen molar-refractivity contribution >= 4 is 39.1 Å². The van der Waals surface area contributed by atoms with Crippen LogP contribution >= 0.6 is 22.6 Å². The fraction of sp³-hybridized carbons (Fsp3) is 0. The van der Waals surface area contributed by atoms with E-state index < -0.39 is 0 Å². The molecule has 0 fully saturated rings. The van der Waals surface area contributed by atoms with E-state index in [1.54, 1.807) is 0 Å². The van der Waals surface area contributed by atoms with Crippen LogP contribution < -0.4 is 5.73 Å². The number of hydrogen-bond donors (Lipinski definition) is 1. The molecule has 0 atom stereocenters. The van der Waals surface area contributed by atoms with Gasteiger partial charge >= 0.3 is 0 Å². The van der Waals surface area contributed by atoms with Crippen LogP contribution in [-0.2, 0) is 0 Å². The summed E-state index contributed by atoms with van der Waals surface area (Å²) in [6.45, 7) is 0. The number of pyridine rings is 1. The third kappa shape index (κ3) is 1.14. The van der Waals surface area contributed by atoms with E-state index in [0.29, 0.717) is 0 Å². The Kier molecular flexibility index (Phi) is 1.88. The smallest absolute Gasteiger partial charge is 0.124 e. The van der Waals surface area contributed by atoms with Crippen molar-refractivity contribution in [1.29, 1.82) is 0 Å². The summed E-state index contributed by atoms with van der Waals surface area (Å²) in [4.78, 5) is 4.17. The fourth-order valence-corrected chi connectivity index (χ4v) is 1.59. The average Bonchev–Trinajstić information content (AvgIpc) is 2.12. The second-order valence-corrected chi connectivity index (χ2v) is 3.57. The van der Waals surface area contributed by atoms with Crippen LogP contribution in [-0.4, -0.2) is 4.98 Å². The molecule has 2 rings (SSSR count). The molecule has 60 valence electrons. The Morgan fingerprint density at radius 3 is 2.83 bits per heavy atom. The highest BCUT2D eigenvalue weighted by Gasteiger charge is 2.00. The van der Waals surface area contributed by atoms with Crippen molar-refractivity contribution in [3.8, 4) is 0 Å². The monoisotopic (exact) mass is 270 g/mol. The van der Waals surface area contributed by atoms with Gasteiger partial charge in [0, 0.05) is 17.0 Å². The lowest BCUT2D eigenvalue weighted by molar-refractivity contribution is 1.31. The third-order valence-corrected chi connectivity index (χ3v) is 2.65. The van der Waals surface area contributed by atoms with Gasteiger partial charge in [-0.1, -0.05) is 24.3 Å². The van der Waals surface area contributed by atoms with Gasteiger partial charge in [0.15, 0.2) is 0 Å². The van der Waals surface area contributed by atoms with E-state index in [9.17, 15) is 0 Å². The Balaban J connectivity index is 2.91. The molecule has 12 heavy (non-hydrogen) atoms. The highest BCUT2D eigenvalue weighted by atomic mass is 127. The van der Waals surface area contributed by atoms with E-state index in [-0.39, 0.29) is 0 Å². The van der Waals surface area contributed by atoms with Gasteiger partial charge in [-0.05, 0) is 22.6 Å². The summed E-state index contributed by atoms with van der Waals surface area (Å²) in [6.07, 6.45) is 1.84. The van der Waals surface area contributed by atoms with Crippen LogP contribution in [0.15, 0.2) is 30.5 Å². The fourth-order valence-electron chi connectivity index (χ4n) is 1.16. The van der Waals surface area contributed by atoms with E-state index in [2.05, 4.69) is 27.6 Å². The zero-order valence-electron chi connectivity index (χ0n) is 6.29. The molecule has 0 saturated heterocycles. The number of nitrogen functional groups attached to an aromatic ring is 1. The van der Waals surface area contributed by atoms with E-state index in [0.717, 1.165) is 20.2 Å². The minimum atomic E-state index is 0.772. The molecular weight excluding hydrogens is 263 g/mol. The van der Waals surface area contributed by atoms with Crippen LogP contribution in [0.3, 0.4) is 0 Å². The van der Waals surface area contributed by atoms with Crippen LogP contribution in [0.1, 0.15) is 0 Å². The van der Waals surface area contributed by atoms with Crippen molar-refractivity contribution in [1.82, 2.24) is 4.98 Å². The number of hydrogen-bond acceptors (Lipinski definition) is 2. The molecule has 2 aromatic rings. The molecule has 3 heteroatoms. The van der Waals surface area contributed by atoms with Gasteiger partial charge in [0.25, 0.3) is 0 Å². The lowest BCUT2D eigenvalue weighted by Crippen LogP contribution is -1.93. The Labute approximate surface area is 83.9 Å². The average molecular weight is 270 g/mol. The van der Waals surface area contributed by atoms with Gasteiger partial charge in [-0.2, -0.15) is 0 Å². The van der Waals surface area contributed by atoms with Gasteiger partial charge in [-0.25, -0.2) is 4.98 Å². The minimum absolute atomic E-state index is 0.772.